The minimum Gasteiger partial charge on any atom is -0.192 e. The molecule has 2 heteroatoms. The molecule has 78 valence electrons. The molecule has 0 amide bonds. The lowest BCUT2D eigenvalue weighted by Crippen LogP contribution is -2.05. The van der Waals surface area contributed by atoms with Gasteiger partial charge in [0.25, 0.3) is 0 Å². The summed E-state index contributed by atoms with van der Waals surface area (Å²) in [7, 11) is 0. The standard InChI is InChI=1S/C13H14ClN/c14-13-8-10(9-15)6-7-12(13)11-4-2-1-3-5-11/h6-8,11H,1-5H2. The number of hydrogen-bond donors (Lipinski definition) is 0. The Morgan fingerprint density at radius 1 is 1.20 bits per heavy atom. The lowest BCUT2D eigenvalue weighted by atomic mass is 9.84. The van der Waals surface area contributed by atoms with Crippen molar-refractivity contribution in [1.29, 1.82) is 5.26 Å². The molecule has 1 aromatic carbocycles. The maximum atomic E-state index is 8.75. The summed E-state index contributed by atoms with van der Waals surface area (Å²) < 4.78 is 0. The first-order valence-electron chi connectivity index (χ1n) is 5.51. The number of hydrogen-bond acceptors (Lipinski definition) is 1. The smallest absolute Gasteiger partial charge is 0.0992 e. The van der Waals surface area contributed by atoms with Crippen LogP contribution in [0.4, 0.5) is 0 Å². The monoisotopic (exact) mass is 219 g/mol. The minimum absolute atomic E-state index is 0.610. The first-order chi connectivity index (χ1) is 7.31. The van der Waals surface area contributed by atoms with E-state index in [0.717, 1.165) is 5.02 Å². The molecule has 0 atom stereocenters. The molecule has 0 spiro atoms. The lowest BCUT2D eigenvalue weighted by molar-refractivity contribution is 0.444. The van der Waals surface area contributed by atoms with E-state index in [-0.39, 0.29) is 0 Å². The Hall–Kier alpha value is -1.00. The number of rotatable bonds is 1. The van der Waals surface area contributed by atoms with E-state index in [0.29, 0.717) is 11.5 Å². The van der Waals surface area contributed by atoms with E-state index in [1.165, 1.54) is 37.7 Å². The predicted molar refractivity (Wildman–Crippen MR) is 62.0 cm³/mol. The zero-order valence-electron chi connectivity index (χ0n) is 8.67. The van der Waals surface area contributed by atoms with E-state index in [2.05, 4.69) is 6.07 Å². The fraction of sp³-hybridized carbons (Fsp3) is 0.462. The molecule has 0 bridgehead atoms. The summed E-state index contributed by atoms with van der Waals surface area (Å²) in [5, 5.41) is 9.52. The van der Waals surface area contributed by atoms with Crippen LogP contribution in [0.1, 0.15) is 49.1 Å². The topological polar surface area (TPSA) is 23.8 Å². The fourth-order valence-electron chi connectivity index (χ4n) is 2.34. The molecular formula is C13H14ClN. The van der Waals surface area contributed by atoms with Gasteiger partial charge in [-0.05, 0) is 36.5 Å². The van der Waals surface area contributed by atoms with Crippen molar-refractivity contribution in [3.8, 4) is 6.07 Å². The second-order valence-corrected chi connectivity index (χ2v) is 4.59. The van der Waals surface area contributed by atoms with Crippen LogP contribution in [0.5, 0.6) is 0 Å². The molecule has 0 radical (unpaired) electrons. The predicted octanol–water partition coefficient (Wildman–Crippen LogP) is 4.26. The molecule has 0 aromatic heterocycles. The van der Waals surface area contributed by atoms with Gasteiger partial charge in [0.2, 0.25) is 0 Å². The second kappa shape index (κ2) is 4.68. The molecule has 1 saturated carbocycles. The highest BCUT2D eigenvalue weighted by molar-refractivity contribution is 6.31. The van der Waals surface area contributed by atoms with Gasteiger partial charge in [0, 0.05) is 5.02 Å². The molecule has 1 fully saturated rings. The number of nitriles is 1. The molecule has 1 aromatic rings. The Kier molecular flexibility index (Phi) is 3.28. The van der Waals surface area contributed by atoms with Crippen molar-refractivity contribution >= 4 is 11.6 Å². The van der Waals surface area contributed by atoms with Gasteiger partial charge in [-0.1, -0.05) is 36.9 Å². The maximum Gasteiger partial charge on any atom is 0.0992 e. The maximum absolute atomic E-state index is 8.75. The molecule has 0 saturated heterocycles. The summed E-state index contributed by atoms with van der Waals surface area (Å²) in [5.74, 6) is 0.610. The average Bonchev–Trinajstić information content (AvgIpc) is 2.30. The minimum atomic E-state index is 0.610. The number of benzene rings is 1. The average molecular weight is 220 g/mol. The summed E-state index contributed by atoms with van der Waals surface area (Å²) in [6, 6.07) is 7.79. The molecule has 15 heavy (non-hydrogen) atoms. The normalized spacial score (nSPS) is 17.3. The van der Waals surface area contributed by atoms with Crippen LogP contribution in [0.3, 0.4) is 0 Å². The van der Waals surface area contributed by atoms with Crippen molar-refractivity contribution in [1.82, 2.24) is 0 Å². The molecular weight excluding hydrogens is 206 g/mol. The number of halogens is 1. The van der Waals surface area contributed by atoms with Gasteiger partial charge in [-0.15, -0.1) is 0 Å². The summed E-state index contributed by atoms with van der Waals surface area (Å²) >= 11 is 6.19. The van der Waals surface area contributed by atoms with Gasteiger partial charge in [-0.25, -0.2) is 0 Å². The SMILES string of the molecule is N#Cc1ccc(C2CCCCC2)c(Cl)c1. The van der Waals surface area contributed by atoms with Crippen molar-refractivity contribution in [3.63, 3.8) is 0 Å². The molecule has 1 aliphatic rings. The van der Waals surface area contributed by atoms with Crippen LogP contribution in [0.15, 0.2) is 18.2 Å². The highest BCUT2D eigenvalue weighted by Crippen LogP contribution is 2.36. The van der Waals surface area contributed by atoms with Gasteiger partial charge in [0.05, 0.1) is 11.6 Å². The van der Waals surface area contributed by atoms with E-state index < -0.39 is 0 Å². The fourth-order valence-corrected chi connectivity index (χ4v) is 2.68. The van der Waals surface area contributed by atoms with Crippen LogP contribution in [-0.4, -0.2) is 0 Å². The van der Waals surface area contributed by atoms with Crippen molar-refractivity contribution < 1.29 is 0 Å². The van der Waals surface area contributed by atoms with Gasteiger partial charge in [0.15, 0.2) is 0 Å². The first-order valence-corrected chi connectivity index (χ1v) is 5.88. The lowest BCUT2D eigenvalue weighted by Gasteiger charge is -2.22. The van der Waals surface area contributed by atoms with Crippen LogP contribution in [0, 0.1) is 11.3 Å². The zero-order chi connectivity index (χ0) is 10.7. The van der Waals surface area contributed by atoms with Crippen LogP contribution in [0.2, 0.25) is 5.02 Å². The Morgan fingerprint density at radius 2 is 1.93 bits per heavy atom. The van der Waals surface area contributed by atoms with Crippen molar-refractivity contribution in [2.45, 2.75) is 38.0 Å². The van der Waals surface area contributed by atoms with Crippen LogP contribution in [0.25, 0.3) is 0 Å². The van der Waals surface area contributed by atoms with Crippen molar-refractivity contribution in [3.05, 3.63) is 34.3 Å². The van der Waals surface area contributed by atoms with Crippen molar-refractivity contribution in [2.75, 3.05) is 0 Å². The van der Waals surface area contributed by atoms with Gasteiger partial charge >= 0.3 is 0 Å². The van der Waals surface area contributed by atoms with Crippen LogP contribution < -0.4 is 0 Å². The zero-order valence-corrected chi connectivity index (χ0v) is 9.43. The van der Waals surface area contributed by atoms with Gasteiger partial charge in [-0.2, -0.15) is 5.26 Å². The molecule has 1 nitrogen and oxygen atoms in total. The van der Waals surface area contributed by atoms with Gasteiger partial charge in [-0.3, -0.25) is 0 Å². The third kappa shape index (κ3) is 2.33. The highest BCUT2D eigenvalue weighted by Gasteiger charge is 2.17. The highest BCUT2D eigenvalue weighted by atomic mass is 35.5. The number of nitrogens with zero attached hydrogens (tertiary/aromatic N) is 1. The third-order valence-corrected chi connectivity index (χ3v) is 3.50. The summed E-state index contributed by atoms with van der Waals surface area (Å²) in [4.78, 5) is 0. The van der Waals surface area contributed by atoms with E-state index in [9.17, 15) is 0 Å². The molecule has 0 unspecified atom stereocenters. The van der Waals surface area contributed by atoms with Gasteiger partial charge < -0.3 is 0 Å². The van der Waals surface area contributed by atoms with E-state index in [4.69, 9.17) is 16.9 Å². The summed E-state index contributed by atoms with van der Waals surface area (Å²) in [5.41, 5.74) is 1.88. The molecule has 2 rings (SSSR count). The Morgan fingerprint density at radius 3 is 2.53 bits per heavy atom. The second-order valence-electron chi connectivity index (χ2n) is 4.18. The Labute approximate surface area is 95.7 Å². The Bertz CT molecular complexity index is 386. The molecule has 0 aliphatic heterocycles. The quantitative estimate of drug-likeness (QED) is 0.693. The first kappa shape index (κ1) is 10.5. The molecule has 1 aliphatic carbocycles. The largest absolute Gasteiger partial charge is 0.192 e. The van der Waals surface area contributed by atoms with Crippen molar-refractivity contribution in [2.24, 2.45) is 0 Å². The van der Waals surface area contributed by atoms with Gasteiger partial charge in [0.1, 0.15) is 0 Å². The van der Waals surface area contributed by atoms with E-state index >= 15 is 0 Å². The van der Waals surface area contributed by atoms with Crippen LogP contribution >= 0.6 is 11.6 Å². The summed E-state index contributed by atoms with van der Waals surface area (Å²) in [6.45, 7) is 0. The van der Waals surface area contributed by atoms with Crippen LogP contribution in [-0.2, 0) is 0 Å². The molecule has 0 heterocycles. The Balaban J connectivity index is 2.24. The molecule has 0 N–H and O–H groups in total. The van der Waals surface area contributed by atoms with E-state index in [1.807, 2.05) is 12.1 Å². The third-order valence-electron chi connectivity index (χ3n) is 3.17. The summed E-state index contributed by atoms with van der Waals surface area (Å²) in [6.07, 6.45) is 6.45. The van der Waals surface area contributed by atoms with E-state index in [1.54, 1.807) is 6.07 Å².